The highest BCUT2D eigenvalue weighted by Gasteiger charge is 2.23. The smallest absolute Gasteiger partial charge is 0.335 e. The molecule has 5 heteroatoms. The molecule has 0 spiro atoms. The molecule has 5 rings (SSSR count). The summed E-state index contributed by atoms with van der Waals surface area (Å²) in [5.74, 6) is 1.52. The topological polar surface area (TPSA) is 64.3 Å². The number of aromatic nitrogens is 2. The molecule has 3 aromatic carbocycles. The Labute approximate surface area is 180 Å². The zero-order valence-corrected chi connectivity index (χ0v) is 17.2. The van der Waals surface area contributed by atoms with Crippen LogP contribution in [0.4, 0.5) is 0 Å². The van der Waals surface area contributed by atoms with Crippen molar-refractivity contribution < 1.29 is 14.6 Å². The number of rotatable bonds is 5. The highest BCUT2D eigenvalue weighted by atomic mass is 16.5. The zero-order chi connectivity index (χ0) is 21.2. The maximum atomic E-state index is 11.4. The standard InChI is InChI=1S/C26H24N2O3/c29-26(30)19-13-16-24-23(17-19)27-25(28(24)20-7-3-1-4-8-20)18-11-14-22(15-12-18)31-21-9-5-2-6-10-21/h2,5-6,9-17,20H,1,3-4,7-8H2,(H,29,30). The average Bonchev–Trinajstić information content (AvgIpc) is 3.19. The van der Waals surface area contributed by atoms with Crippen molar-refractivity contribution in [2.24, 2.45) is 0 Å². The lowest BCUT2D eigenvalue weighted by Crippen LogP contribution is -2.14. The molecule has 0 radical (unpaired) electrons. The Morgan fingerprint density at radius 1 is 0.903 bits per heavy atom. The Morgan fingerprint density at radius 3 is 2.32 bits per heavy atom. The van der Waals surface area contributed by atoms with E-state index >= 15 is 0 Å². The molecule has 1 aliphatic rings. The number of nitrogens with zero attached hydrogens (tertiary/aromatic N) is 2. The fourth-order valence-corrected chi connectivity index (χ4v) is 4.44. The predicted octanol–water partition coefficient (Wildman–Crippen LogP) is 6.70. The molecule has 156 valence electrons. The average molecular weight is 412 g/mol. The van der Waals surface area contributed by atoms with Gasteiger partial charge in [0.1, 0.15) is 17.3 Å². The Balaban J connectivity index is 1.55. The van der Waals surface area contributed by atoms with Crippen LogP contribution in [0, 0.1) is 0 Å². The predicted molar refractivity (Wildman–Crippen MR) is 121 cm³/mol. The molecule has 0 atom stereocenters. The van der Waals surface area contributed by atoms with Crippen LogP contribution in [0.25, 0.3) is 22.4 Å². The van der Waals surface area contributed by atoms with Gasteiger partial charge in [-0.3, -0.25) is 0 Å². The molecular formula is C26H24N2O3. The van der Waals surface area contributed by atoms with Crippen LogP contribution in [-0.4, -0.2) is 20.6 Å². The minimum Gasteiger partial charge on any atom is -0.478 e. The van der Waals surface area contributed by atoms with Crippen LogP contribution in [0.2, 0.25) is 0 Å². The van der Waals surface area contributed by atoms with E-state index in [4.69, 9.17) is 9.72 Å². The molecule has 4 aromatic rings. The first-order chi connectivity index (χ1) is 15.2. The molecule has 31 heavy (non-hydrogen) atoms. The van der Waals surface area contributed by atoms with Gasteiger partial charge in [0.2, 0.25) is 0 Å². The summed E-state index contributed by atoms with van der Waals surface area (Å²) in [5, 5.41) is 9.39. The van der Waals surface area contributed by atoms with Gasteiger partial charge in [0.05, 0.1) is 16.6 Å². The van der Waals surface area contributed by atoms with Crippen LogP contribution in [0.3, 0.4) is 0 Å². The summed E-state index contributed by atoms with van der Waals surface area (Å²) in [4.78, 5) is 16.3. The van der Waals surface area contributed by atoms with E-state index < -0.39 is 5.97 Å². The number of hydrogen-bond donors (Lipinski definition) is 1. The van der Waals surface area contributed by atoms with Gasteiger partial charge in [0.15, 0.2) is 0 Å². The minimum absolute atomic E-state index is 0.263. The van der Waals surface area contributed by atoms with E-state index in [1.807, 2.05) is 60.7 Å². The normalized spacial score (nSPS) is 14.6. The summed E-state index contributed by atoms with van der Waals surface area (Å²) in [5.41, 5.74) is 2.99. The van der Waals surface area contributed by atoms with Gasteiger partial charge >= 0.3 is 5.97 Å². The second-order valence-electron chi connectivity index (χ2n) is 8.05. The lowest BCUT2D eigenvalue weighted by Gasteiger charge is -2.25. The number of hydrogen-bond acceptors (Lipinski definition) is 3. The van der Waals surface area contributed by atoms with Crippen molar-refractivity contribution in [3.8, 4) is 22.9 Å². The molecule has 1 N–H and O–H groups in total. The number of carboxylic acids is 1. The van der Waals surface area contributed by atoms with Crippen LogP contribution >= 0.6 is 0 Å². The largest absolute Gasteiger partial charge is 0.478 e. The monoisotopic (exact) mass is 412 g/mol. The Hall–Kier alpha value is -3.60. The molecule has 0 amide bonds. The van der Waals surface area contributed by atoms with Crippen molar-refractivity contribution in [1.29, 1.82) is 0 Å². The van der Waals surface area contributed by atoms with Crippen LogP contribution in [0.15, 0.2) is 72.8 Å². The SMILES string of the molecule is O=C(O)c1ccc2c(c1)nc(-c1ccc(Oc3ccccc3)cc1)n2C1CCCCC1. The van der Waals surface area contributed by atoms with Gasteiger partial charge in [0.25, 0.3) is 0 Å². The van der Waals surface area contributed by atoms with Gasteiger partial charge in [-0.25, -0.2) is 9.78 Å². The van der Waals surface area contributed by atoms with Gasteiger partial charge < -0.3 is 14.4 Å². The van der Waals surface area contributed by atoms with E-state index in [1.165, 1.54) is 19.3 Å². The first kappa shape index (κ1) is 19.4. The van der Waals surface area contributed by atoms with Gasteiger partial charge in [-0.2, -0.15) is 0 Å². The van der Waals surface area contributed by atoms with E-state index in [-0.39, 0.29) is 5.56 Å². The molecule has 5 nitrogen and oxygen atoms in total. The van der Waals surface area contributed by atoms with E-state index in [0.717, 1.165) is 46.8 Å². The second-order valence-corrected chi connectivity index (χ2v) is 8.05. The molecule has 1 fully saturated rings. The van der Waals surface area contributed by atoms with Crippen molar-refractivity contribution in [1.82, 2.24) is 9.55 Å². The Kier molecular flexibility index (Phi) is 5.16. The van der Waals surface area contributed by atoms with E-state index in [2.05, 4.69) is 4.57 Å². The van der Waals surface area contributed by atoms with Crippen molar-refractivity contribution in [3.05, 3.63) is 78.4 Å². The van der Waals surface area contributed by atoms with E-state index in [9.17, 15) is 9.90 Å². The van der Waals surface area contributed by atoms with Crippen LogP contribution < -0.4 is 4.74 Å². The first-order valence-electron chi connectivity index (χ1n) is 10.8. The Bertz CT molecular complexity index is 1210. The fourth-order valence-electron chi connectivity index (χ4n) is 4.44. The van der Waals surface area contributed by atoms with E-state index in [1.54, 1.807) is 12.1 Å². The molecule has 0 unspecified atom stereocenters. The minimum atomic E-state index is -0.932. The number of carboxylic acid groups (broad SMARTS) is 1. The molecule has 0 aliphatic heterocycles. The third-order valence-electron chi connectivity index (χ3n) is 5.97. The molecule has 1 aliphatic carbocycles. The molecule has 1 saturated carbocycles. The third kappa shape index (κ3) is 3.91. The molecule has 0 saturated heterocycles. The van der Waals surface area contributed by atoms with Crippen molar-refractivity contribution >= 4 is 17.0 Å². The highest BCUT2D eigenvalue weighted by Crippen LogP contribution is 2.36. The van der Waals surface area contributed by atoms with Gasteiger partial charge in [0, 0.05) is 11.6 Å². The van der Waals surface area contributed by atoms with Gasteiger partial charge in [-0.1, -0.05) is 37.5 Å². The molecular weight excluding hydrogens is 388 g/mol. The number of carbonyl (C=O) groups is 1. The van der Waals surface area contributed by atoms with Crippen LogP contribution in [-0.2, 0) is 0 Å². The summed E-state index contributed by atoms with van der Waals surface area (Å²) >= 11 is 0. The number of imidazole rings is 1. The maximum absolute atomic E-state index is 11.4. The maximum Gasteiger partial charge on any atom is 0.335 e. The summed E-state index contributed by atoms with van der Waals surface area (Å²) in [6.45, 7) is 0. The lowest BCUT2D eigenvalue weighted by molar-refractivity contribution is 0.0697. The van der Waals surface area contributed by atoms with Crippen molar-refractivity contribution in [2.45, 2.75) is 38.1 Å². The quantitative estimate of drug-likeness (QED) is 0.396. The summed E-state index contributed by atoms with van der Waals surface area (Å²) in [6.07, 6.45) is 5.93. The molecule has 1 aromatic heterocycles. The second kappa shape index (κ2) is 8.26. The number of benzene rings is 3. The summed E-state index contributed by atoms with van der Waals surface area (Å²) < 4.78 is 8.24. The number of fused-ring (bicyclic) bond motifs is 1. The summed E-state index contributed by atoms with van der Waals surface area (Å²) in [6, 6.07) is 23.3. The third-order valence-corrected chi connectivity index (χ3v) is 5.97. The zero-order valence-electron chi connectivity index (χ0n) is 17.2. The first-order valence-corrected chi connectivity index (χ1v) is 10.8. The lowest BCUT2D eigenvalue weighted by atomic mass is 9.95. The van der Waals surface area contributed by atoms with Gasteiger partial charge in [-0.15, -0.1) is 0 Å². The number of para-hydroxylation sites is 1. The highest BCUT2D eigenvalue weighted by molar-refractivity contribution is 5.93. The van der Waals surface area contributed by atoms with Crippen LogP contribution in [0.5, 0.6) is 11.5 Å². The van der Waals surface area contributed by atoms with Crippen LogP contribution in [0.1, 0.15) is 48.5 Å². The number of ether oxygens (including phenoxy) is 1. The van der Waals surface area contributed by atoms with Gasteiger partial charge in [-0.05, 0) is 67.4 Å². The van der Waals surface area contributed by atoms with Crippen molar-refractivity contribution in [2.75, 3.05) is 0 Å². The Morgan fingerprint density at radius 2 is 1.61 bits per heavy atom. The fraction of sp³-hybridized carbons (Fsp3) is 0.231. The van der Waals surface area contributed by atoms with Crippen molar-refractivity contribution in [3.63, 3.8) is 0 Å². The number of aromatic carboxylic acids is 1. The van der Waals surface area contributed by atoms with E-state index in [0.29, 0.717) is 6.04 Å². The molecule has 1 heterocycles. The molecule has 0 bridgehead atoms. The summed E-state index contributed by atoms with van der Waals surface area (Å²) in [7, 11) is 0.